The van der Waals surface area contributed by atoms with Gasteiger partial charge >= 0.3 is 6.18 Å². The zero-order valence-electron chi connectivity index (χ0n) is 15.3. The minimum absolute atomic E-state index is 0.00177. The van der Waals surface area contributed by atoms with Crippen LogP contribution in [0.3, 0.4) is 0 Å². The molecule has 6 nitrogen and oxygen atoms in total. The van der Waals surface area contributed by atoms with Gasteiger partial charge in [0.25, 0.3) is 11.8 Å². The first kappa shape index (κ1) is 22.2. The van der Waals surface area contributed by atoms with Crippen molar-refractivity contribution >= 4 is 17.5 Å². The molecular weight excluding hydrogens is 434 g/mol. The average Bonchev–Trinajstić information content (AvgIpc) is 2.94. The van der Waals surface area contributed by atoms with Crippen molar-refractivity contribution in [2.75, 3.05) is 18.5 Å². The molecule has 0 spiro atoms. The number of nitrogens with zero attached hydrogens (tertiary/aromatic N) is 1. The smallest absolute Gasteiger partial charge is 0.416 e. The Morgan fingerprint density at radius 2 is 1.65 bits per heavy atom. The van der Waals surface area contributed by atoms with E-state index in [0.717, 1.165) is 29.2 Å². The third-order valence-corrected chi connectivity index (χ3v) is 4.08. The zero-order valence-corrected chi connectivity index (χ0v) is 15.3. The molecule has 0 aromatic heterocycles. The van der Waals surface area contributed by atoms with Gasteiger partial charge in [0.1, 0.15) is 5.70 Å². The van der Waals surface area contributed by atoms with Crippen LogP contribution in [-0.4, -0.2) is 35.0 Å². The second-order valence-electron chi connectivity index (χ2n) is 6.22. The van der Waals surface area contributed by atoms with E-state index in [1.54, 1.807) is 0 Å². The van der Waals surface area contributed by atoms with Crippen molar-refractivity contribution in [3.05, 3.63) is 65.1 Å². The number of β-amino-alcohol motifs (C(OH)–C–C–N with tert-alkyl or cyclic N) is 1. The van der Waals surface area contributed by atoms with Crippen LogP contribution in [0.4, 0.5) is 32.0 Å². The molecule has 1 aliphatic rings. The quantitative estimate of drug-likeness (QED) is 0.524. The predicted octanol–water partition coefficient (Wildman–Crippen LogP) is 3.57. The molecule has 12 heteroatoms. The molecule has 164 valence electrons. The van der Waals surface area contributed by atoms with Crippen LogP contribution < -0.4 is 10.1 Å². The summed E-state index contributed by atoms with van der Waals surface area (Å²) in [6.45, 7) is -0.707. The van der Waals surface area contributed by atoms with Gasteiger partial charge in [0.05, 0.1) is 18.7 Å². The van der Waals surface area contributed by atoms with E-state index in [-0.39, 0.29) is 30.1 Å². The van der Waals surface area contributed by atoms with E-state index in [4.69, 9.17) is 9.84 Å². The Labute approximate surface area is 170 Å². The number of benzene rings is 2. The van der Waals surface area contributed by atoms with Crippen LogP contribution in [0.25, 0.3) is 0 Å². The van der Waals surface area contributed by atoms with E-state index < -0.39 is 59.1 Å². The van der Waals surface area contributed by atoms with Gasteiger partial charge in [-0.1, -0.05) is 0 Å². The van der Waals surface area contributed by atoms with Crippen LogP contribution in [0.2, 0.25) is 0 Å². The van der Waals surface area contributed by atoms with Crippen molar-refractivity contribution < 1.29 is 45.8 Å². The summed E-state index contributed by atoms with van der Waals surface area (Å²) < 4.78 is 84.7. The summed E-state index contributed by atoms with van der Waals surface area (Å²) in [4.78, 5) is 24.6. The number of hydrogen-bond donors (Lipinski definition) is 2. The maximum absolute atomic E-state index is 14.1. The van der Waals surface area contributed by atoms with Crippen LogP contribution in [0.15, 0.2) is 42.1 Å². The standard InChI is InChI=1S/C19H12F6N2O4/c20-11-2-1-10(26-14-8-16(29)27(3-4-28)18(14)30)7-15(11)31-17-12(21)5-9(6-13(17)22)19(23,24)25/h1-2,5-8,26,28H,3-4H2. The van der Waals surface area contributed by atoms with Gasteiger partial charge in [-0.15, -0.1) is 0 Å². The highest BCUT2D eigenvalue weighted by Gasteiger charge is 2.33. The monoisotopic (exact) mass is 446 g/mol. The molecular formula is C19H12F6N2O4. The second-order valence-corrected chi connectivity index (χ2v) is 6.22. The lowest BCUT2D eigenvalue weighted by molar-refractivity contribution is -0.138. The number of anilines is 1. The van der Waals surface area contributed by atoms with Crippen LogP contribution in [0, 0.1) is 17.5 Å². The second kappa shape index (κ2) is 8.30. The molecule has 1 aliphatic heterocycles. The number of alkyl halides is 3. The number of carbonyl (C=O) groups excluding carboxylic acids is 2. The first-order valence-electron chi connectivity index (χ1n) is 8.50. The molecule has 0 bridgehead atoms. The van der Waals surface area contributed by atoms with E-state index in [0.29, 0.717) is 0 Å². The predicted molar refractivity (Wildman–Crippen MR) is 93.3 cm³/mol. The van der Waals surface area contributed by atoms with Crippen LogP contribution in [0.1, 0.15) is 5.56 Å². The Morgan fingerprint density at radius 1 is 1.00 bits per heavy atom. The number of amides is 2. The number of nitrogens with one attached hydrogen (secondary N) is 1. The number of aliphatic hydroxyl groups is 1. The number of halogens is 6. The molecule has 0 atom stereocenters. The summed E-state index contributed by atoms with van der Waals surface area (Å²) in [5, 5.41) is 11.4. The lowest BCUT2D eigenvalue weighted by Gasteiger charge is -2.15. The summed E-state index contributed by atoms with van der Waals surface area (Å²) in [6, 6.07) is 2.82. The van der Waals surface area contributed by atoms with Crippen molar-refractivity contribution in [2.45, 2.75) is 6.18 Å². The highest BCUT2D eigenvalue weighted by molar-refractivity contribution is 6.17. The largest absolute Gasteiger partial charge is 0.448 e. The highest BCUT2D eigenvalue weighted by Crippen LogP contribution is 2.36. The molecule has 2 aromatic rings. The van der Waals surface area contributed by atoms with Gasteiger partial charge < -0.3 is 15.2 Å². The van der Waals surface area contributed by atoms with E-state index >= 15 is 0 Å². The fourth-order valence-electron chi connectivity index (χ4n) is 2.66. The molecule has 0 saturated heterocycles. The van der Waals surface area contributed by atoms with E-state index in [9.17, 15) is 35.9 Å². The Kier molecular flexibility index (Phi) is 5.93. The van der Waals surface area contributed by atoms with Gasteiger partial charge in [0.15, 0.2) is 29.0 Å². The number of aliphatic hydroxyl groups excluding tert-OH is 1. The minimum Gasteiger partial charge on any atom is -0.448 e. The van der Waals surface area contributed by atoms with Crippen molar-refractivity contribution in [1.29, 1.82) is 0 Å². The van der Waals surface area contributed by atoms with Gasteiger partial charge in [0, 0.05) is 17.8 Å². The van der Waals surface area contributed by atoms with E-state index in [2.05, 4.69) is 5.32 Å². The van der Waals surface area contributed by atoms with Crippen LogP contribution in [-0.2, 0) is 15.8 Å². The SMILES string of the molecule is O=C1C=C(Nc2ccc(F)c(Oc3c(F)cc(C(F)(F)F)cc3F)c2)C(=O)N1CCO. The molecule has 0 saturated carbocycles. The third-order valence-electron chi connectivity index (χ3n) is 4.08. The Hall–Kier alpha value is -3.54. The lowest BCUT2D eigenvalue weighted by Crippen LogP contribution is -2.34. The van der Waals surface area contributed by atoms with Crippen molar-refractivity contribution in [2.24, 2.45) is 0 Å². The number of imide groups is 1. The molecule has 1 heterocycles. The lowest BCUT2D eigenvalue weighted by atomic mass is 10.2. The molecule has 0 fully saturated rings. The average molecular weight is 446 g/mol. The molecule has 0 unspecified atom stereocenters. The van der Waals surface area contributed by atoms with Crippen LogP contribution in [0.5, 0.6) is 11.5 Å². The van der Waals surface area contributed by atoms with E-state index in [1.165, 1.54) is 0 Å². The van der Waals surface area contributed by atoms with Crippen molar-refractivity contribution in [3.63, 3.8) is 0 Å². The molecule has 2 N–H and O–H groups in total. The summed E-state index contributed by atoms with van der Waals surface area (Å²) in [5.74, 6) is -8.00. The Bertz CT molecular complexity index is 1060. The topological polar surface area (TPSA) is 78.9 Å². The fraction of sp³-hybridized carbons (Fsp3) is 0.158. The van der Waals surface area contributed by atoms with Gasteiger partial charge in [-0.2, -0.15) is 13.2 Å². The van der Waals surface area contributed by atoms with Crippen molar-refractivity contribution in [1.82, 2.24) is 4.90 Å². The van der Waals surface area contributed by atoms with Gasteiger partial charge in [-0.05, 0) is 24.3 Å². The first-order valence-corrected chi connectivity index (χ1v) is 8.50. The highest BCUT2D eigenvalue weighted by atomic mass is 19.4. The summed E-state index contributed by atoms with van der Waals surface area (Å²) in [5.41, 5.74) is -1.83. The van der Waals surface area contributed by atoms with Gasteiger partial charge in [-0.25, -0.2) is 13.2 Å². The van der Waals surface area contributed by atoms with Gasteiger partial charge in [0.2, 0.25) is 0 Å². The maximum Gasteiger partial charge on any atom is 0.416 e. The fourth-order valence-corrected chi connectivity index (χ4v) is 2.66. The molecule has 0 radical (unpaired) electrons. The molecule has 2 amide bonds. The summed E-state index contributed by atoms with van der Waals surface area (Å²) in [7, 11) is 0. The first-order chi connectivity index (χ1) is 14.5. The summed E-state index contributed by atoms with van der Waals surface area (Å²) >= 11 is 0. The maximum atomic E-state index is 14.1. The molecule has 0 aliphatic carbocycles. The normalized spacial score (nSPS) is 14.2. The number of ether oxygens (including phenoxy) is 1. The number of carbonyl (C=O) groups is 2. The van der Waals surface area contributed by atoms with Gasteiger partial charge in [-0.3, -0.25) is 14.5 Å². The molecule has 31 heavy (non-hydrogen) atoms. The molecule has 2 aromatic carbocycles. The Morgan fingerprint density at radius 3 is 2.23 bits per heavy atom. The summed E-state index contributed by atoms with van der Waals surface area (Å²) in [6.07, 6.45) is -4.07. The minimum atomic E-state index is -5.00. The Balaban J connectivity index is 1.86. The van der Waals surface area contributed by atoms with E-state index in [1.807, 2.05) is 0 Å². The van der Waals surface area contributed by atoms with Crippen LogP contribution >= 0.6 is 0 Å². The van der Waals surface area contributed by atoms with Crippen molar-refractivity contribution in [3.8, 4) is 11.5 Å². The number of hydrogen-bond acceptors (Lipinski definition) is 5. The third kappa shape index (κ3) is 4.63. The number of rotatable bonds is 6. The molecule has 3 rings (SSSR count). The zero-order chi connectivity index (χ0) is 22.9.